The fourth-order valence-electron chi connectivity index (χ4n) is 1.90. The average Bonchev–Trinajstić information content (AvgIpc) is 2.37. The first-order chi connectivity index (χ1) is 8.97. The minimum atomic E-state index is -0.871. The molecule has 114 valence electrons. The number of hydrogen-bond acceptors (Lipinski definition) is 3. The highest BCUT2D eigenvalue weighted by Crippen LogP contribution is 2.25. The van der Waals surface area contributed by atoms with Crippen LogP contribution in [0.5, 0.6) is 0 Å². The zero-order valence-electron chi connectivity index (χ0n) is 12.6. The number of carboxylic acids is 1. The van der Waals surface area contributed by atoms with E-state index >= 15 is 0 Å². The van der Waals surface area contributed by atoms with E-state index in [4.69, 9.17) is 0 Å². The van der Waals surface area contributed by atoms with Crippen molar-refractivity contribution < 1.29 is 9.90 Å². The molecule has 0 amide bonds. The zero-order valence-corrected chi connectivity index (χ0v) is 13.5. The molecule has 5 heteroatoms. The number of hydrogen-bond donors (Lipinski definition) is 2. The Hall–Kier alpha value is -1.26. The van der Waals surface area contributed by atoms with Gasteiger partial charge in [0.1, 0.15) is 0 Å². The molecule has 0 bridgehead atoms. The second kappa shape index (κ2) is 8.82. The molecule has 1 rings (SSSR count). The monoisotopic (exact) mass is 300 g/mol. The van der Waals surface area contributed by atoms with Gasteiger partial charge in [0.2, 0.25) is 0 Å². The average molecular weight is 301 g/mol. The molecule has 0 fully saturated rings. The van der Waals surface area contributed by atoms with Crippen molar-refractivity contribution in [2.45, 2.75) is 32.7 Å². The second-order valence-corrected chi connectivity index (χ2v) is 5.03. The van der Waals surface area contributed by atoms with Gasteiger partial charge in [0.05, 0.1) is 5.56 Å². The fourth-order valence-corrected chi connectivity index (χ4v) is 1.90. The van der Waals surface area contributed by atoms with Crippen LogP contribution in [0.15, 0.2) is 18.2 Å². The van der Waals surface area contributed by atoms with Crippen molar-refractivity contribution in [3.8, 4) is 0 Å². The van der Waals surface area contributed by atoms with Gasteiger partial charge in [-0.25, -0.2) is 4.79 Å². The molecule has 2 N–H and O–H groups in total. The van der Waals surface area contributed by atoms with Crippen molar-refractivity contribution in [1.29, 1.82) is 0 Å². The molecule has 0 heterocycles. The molecule has 20 heavy (non-hydrogen) atoms. The maximum atomic E-state index is 11.3. The maximum absolute atomic E-state index is 11.3. The fraction of sp³-hybridized carbons (Fsp3) is 0.533. The Bertz CT molecular complexity index is 436. The minimum Gasteiger partial charge on any atom is -0.478 e. The van der Waals surface area contributed by atoms with Gasteiger partial charge in [-0.15, -0.1) is 12.4 Å². The summed E-state index contributed by atoms with van der Waals surface area (Å²) in [5.74, 6) is -0.871. The first kappa shape index (κ1) is 18.7. The van der Waals surface area contributed by atoms with Crippen LogP contribution in [0.4, 0.5) is 5.69 Å². The molecule has 0 aliphatic carbocycles. The van der Waals surface area contributed by atoms with Crippen LogP contribution in [-0.2, 0) is 0 Å². The van der Waals surface area contributed by atoms with Crippen molar-refractivity contribution in [1.82, 2.24) is 4.90 Å². The molecule has 0 spiro atoms. The molecular formula is C15H25ClN2O2. The number of halogens is 1. The lowest BCUT2D eigenvalue weighted by atomic mass is 10.00. The van der Waals surface area contributed by atoms with Crippen molar-refractivity contribution >= 4 is 24.1 Å². The lowest BCUT2D eigenvalue weighted by Gasteiger charge is -2.22. The molecule has 0 radical (unpaired) electrons. The number of benzene rings is 1. The standard InChI is InChI=1S/C15H24N2O2.ClH/c1-5-6-9-16-12-7-8-13(15(18)19)14(10-12)11(2)17(3)4;/h7-8,10-11,16H,5-6,9H2,1-4H3,(H,18,19);1H. The van der Waals surface area contributed by atoms with Gasteiger partial charge in [-0.2, -0.15) is 0 Å². The first-order valence-electron chi connectivity index (χ1n) is 6.75. The van der Waals surface area contributed by atoms with Gasteiger partial charge in [-0.1, -0.05) is 13.3 Å². The number of aromatic carboxylic acids is 1. The van der Waals surface area contributed by atoms with E-state index in [1.165, 1.54) is 0 Å². The summed E-state index contributed by atoms with van der Waals surface area (Å²) in [5.41, 5.74) is 2.21. The van der Waals surface area contributed by atoms with E-state index in [0.717, 1.165) is 30.6 Å². The molecule has 1 aromatic carbocycles. The SMILES string of the molecule is CCCCNc1ccc(C(=O)O)c(C(C)N(C)C)c1.Cl. The van der Waals surface area contributed by atoms with Crippen LogP contribution in [0, 0.1) is 0 Å². The second-order valence-electron chi connectivity index (χ2n) is 5.03. The van der Waals surface area contributed by atoms with Gasteiger partial charge in [-0.3, -0.25) is 0 Å². The largest absolute Gasteiger partial charge is 0.478 e. The molecule has 1 unspecified atom stereocenters. The van der Waals surface area contributed by atoms with E-state index in [2.05, 4.69) is 12.2 Å². The van der Waals surface area contributed by atoms with Gasteiger partial charge < -0.3 is 15.3 Å². The third-order valence-electron chi connectivity index (χ3n) is 3.37. The first-order valence-corrected chi connectivity index (χ1v) is 6.75. The van der Waals surface area contributed by atoms with Gasteiger partial charge in [0, 0.05) is 18.3 Å². The van der Waals surface area contributed by atoms with Gasteiger partial charge >= 0.3 is 5.97 Å². The third-order valence-corrected chi connectivity index (χ3v) is 3.37. The normalized spacial score (nSPS) is 11.8. The quantitative estimate of drug-likeness (QED) is 0.755. The molecule has 0 aliphatic rings. The molecule has 1 aromatic rings. The molecule has 0 saturated carbocycles. The summed E-state index contributed by atoms with van der Waals surface area (Å²) in [4.78, 5) is 13.3. The van der Waals surface area contributed by atoms with E-state index in [1.54, 1.807) is 6.07 Å². The number of carbonyl (C=O) groups is 1. The van der Waals surface area contributed by atoms with E-state index in [1.807, 2.05) is 38.1 Å². The summed E-state index contributed by atoms with van der Waals surface area (Å²) >= 11 is 0. The van der Waals surface area contributed by atoms with Gasteiger partial charge in [0.25, 0.3) is 0 Å². The Morgan fingerprint density at radius 1 is 1.40 bits per heavy atom. The van der Waals surface area contributed by atoms with Crippen molar-refractivity contribution in [2.24, 2.45) is 0 Å². The van der Waals surface area contributed by atoms with Gasteiger partial charge in [-0.05, 0) is 51.2 Å². The van der Waals surface area contributed by atoms with Crippen molar-refractivity contribution in [3.05, 3.63) is 29.3 Å². The molecule has 1 atom stereocenters. The van der Waals surface area contributed by atoms with E-state index in [0.29, 0.717) is 5.56 Å². The van der Waals surface area contributed by atoms with Crippen LogP contribution >= 0.6 is 12.4 Å². The summed E-state index contributed by atoms with van der Waals surface area (Å²) in [6, 6.07) is 5.54. The highest BCUT2D eigenvalue weighted by atomic mass is 35.5. The maximum Gasteiger partial charge on any atom is 0.336 e. The van der Waals surface area contributed by atoms with E-state index in [9.17, 15) is 9.90 Å². The number of unbranched alkanes of at least 4 members (excludes halogenated alkanes) is 1. The van der Waals surface area contributed by atoms with Crippen molar-refractivity contribution in [2.75, 3.05) is 26.0 Å². The predicted octanol–water partition coefficient (Wildman–Crippen LogP) is 3.64. The van der Waals surface area contributed by atoms with Crippen LogP contribution in [-0.4, -0.2) is 36.6 Å². The summed E-state index contributed by atoms with van der Waals surface area (Å²) in [6.45, 7) is 5.07. The molecule has 0 saturated heterocycles. The molecule has 0 aromatic heterocycles. The van der Waals surface area contributed by atoms with Crippen LogP contribution in [0.25, 0.3) is 0 Å². The Labute approximate surface area is 127 Å². The molecule has 4 nitrogen and oxygen atoms in total. The Morgan fingerprint density at radius 3 is 2.55 bits per heavy atom. The topological polar surface area (TPSA) is 52.6 Å². The molecular weight excluding hydrogens is 276 g/mol. The summed E-state index contributed by atoms with van der Waals surface area (Å²) in [7, 11) is 3.90. The van der Waals surface area contributed by atoms with Crippen LogP contribution in [0.2, 0.25) is 0 Å². The van der Waals surface area contributed by atoms with E-state index < -0.39 is 5.97 Å². The molecule has 0 aliphatic heterocycles. The van der Waals surface area contributed by atoms with Crippen molar-refractivity contribution in [3.63, 3.8) is 0 Å². The predicted molar refractivity (Wildman–Crippen MR) is 86.1 cm³/mol. The van der Waals surface area contributed by atoms with Gasteiger partial charge in [0.15, 0.2) is 0 Å². The number of anilines is 1. The Morgan fingerprint density at radius 2 is 2.05 bits per heavy atom. The summed E-state index contributed by atoms with van der Waals surface area (Å²) < 4.78 is 0. The summed E-state index contributed by atoms with van der Waals surface area (Å²) in [6.07, 6.45) is 2.25. The Kier molecular flexibility index (Phi) is 8.26. The third kappa shape index (κ3) is 5.02. The van der Waals surface area contributed by atoms with E-state index in [-0.39, 0.29) is 18.4 Å². The number of nitrogens with zero attached hydrogens (tertiary/aromatic N) is 1. The zero-order chi connectivity index (χ0) is 14.4. The smallest absolute Gasteiger partial charge is 0.336 e. The number of rotatable bonds is 7. The van der Waals surface area contributed by atoms with Crippen LogP contribution < -0.4 is 5.32 Å². The highest BCUT2D eigenvalue weighted by Gasteiger charge is 2.17. The van der Waals surface area contributed by atoms with Crippen LogP contribution in [0.1, 0.15) is 48.7 Å². The Balaban J connectivity index is 0.00000361. The van der Waals surface area contributed by atoms with Crippen LogP contribution in [0.3, 0.4) is 0 Å². The lowest BCUT2D eigenvalue weighted by Crippen LogP contribution is -2.19. The number of nitrogens with one attached hydrogen (secondary N) is 1. The number of carboxylic acid groups (broad SMARTS) is 1. The minimum absolute atomic E-state index is 0. The summed E-state index contributed by atoms with van der Waals surface area (Å²) in [5, 5.41) is 12.6. The highest BCUT2D eigenvalue weighted by molar-refractivity contribution is 5.90. The lowest BCUT2D eigenvalue weighted by molar-refractivity contribution is 0.0694.